The van der Waals surface area contributed by atoms with Crippen molar-refractivity contribution in [3.05, 3.63) is 24.0 Å². The highest BCUT2D eigenvalue weighted by Crippen LogP contribution is 2.23. The van der Waals surface area contributed by atoms with Crippen LogP contribution in [0.1, 0.15) is 20.3 Å². The third-order valence-corrected chi connectivity index (χ3v) is 2.74. The summed E-state index contributed by atoms with van der Waals surface area (Å²) in [6.07, 6.45) is 0.746. The average Bonchev–Trinajstić information content (AvgIpc) is 2.70. The maximum Gasteiger partial charge on any atom is 0.228 e. The number of rotatable bonds is 3. The van der Waals surface area contributed by atoms with Gasteiger partial charge in [-0.05, 0) is 18.6 Å². The molecule has 1 N–H and O–H groups in total. The summed E-state index contributed by atoms with van der Waals surface area (Å²) in [7, 11) is 0. The first kappa shape index (κ1) is 11.6. The van der Waals surface area contributed by atoms with Gasteiger partial charge >= 0.3 is 0 Å². The molecule has 0 aliphatic rings. The quantitative estimate of drug-likeness (QED) is 0.891. The molecule has 0 saturated carbocycles. The number of carbonyl (C=O) groups is 1. The van der Waals surface area contributed by atoms with Crippen LogP contribution in [0.3, 0.4) is 0 Å². The van der Waals surface area contributed by atoms with Crippen LogP contribution < -0.4 is 5.32 Å². The smallest absolute Gasteiger partial charge is 0.228 e. The van der Waals surface area contributed by atoms with Gasteiger partial charge in [-0.15, -0.1) is 0 Å². The van der Waals surface area contributed by atoms with Crippen LogP contribution >= 0.6 is 0 Å². The van der Waals surface area contributed by atoms with E-state index in [0.29, 0.717) is 16.8 Å². The molecule has 1 heterocycles. The summed E-state index contributed by atoms with van der Waals surface area (Å²) < 4.78 is 17.9. The van der Waals surface area contributed by atoms with Crippen LogP contribution in [0.25, 0.3) is 11.0 Å². The van der Waals surface area contributed by atoms with E-state index in [0.717, 1.165) is 6.42 Å². The molecule has 1 aromatic heterocycles. The monoisotopic (exact) mass is 236 g/mol. The van der Waals surface area contributed by atoms with Crippen LogP contribution in [0.2, 0.25) is 0 Å². The maximum absolute atomic E-state index is 12.9. The van der Waals surface area contributed by atoms with E-state index in [1.165, 1.54) is 18.2 Å². The molecule has 4 nitrogen and oxygen atoms in total. The minimum absolute atomic E-state index is 0.0952. The maximum atomic E-state index is 12.9. The average molecular weight is 236 g/mol. The van der Waals surface area contributed by atoms with E-state index in [4.69, 9.17) is 4.52 Å². The van der Waals surface area contributed by atoms with E-state index in [-0.39, 0.29) is 11.8 Å². The van der Waals surface area contributed by atoms with E-state index in [1.807, 2.05) is 13.8 Å². The molecule has 0 radical (unpaired) electrons. The van der Waals surface area contributed by atoms with Crippen LogP contribution in [0.5, 0.6) is 0 Å². The number of halogens is 1. The number of nitrogens with zero attached hydrogens (tertiary/aromatic N) is 1. The van der Waals surface area contributed by atoms with Gasteiger partial charge in [0.25, 0.3) is 0 Å². The first-order chi connectivity index (χ1) is 8.11. The SMILES string of the molecule is CCC(C)C(=O)Nc1noc2cc(F)ccc12. The Bertz CT molecular complexity index is 550. The van der Waals surface area contributed by atoms with Crippen molar-refractivity contribution in [1.29, 1.82) is 0 Å². The molecule has 90 valence electrons. The van der Waals surface area contributed by atoms with Gasteiger partial charge in [-0.3, -0.25) is 4.79 Å². The fourth-order valence-corrected chi connectivity index (χ4v) is 1.43. The molecule has 2 rings (SSSR count). The largest absolute Gasteiger partial charge is 0.354 e. The van der Waals surface area contributed by atoms with Gasteiger partial charge in [-0.2, -0.15) is 0 Å². The summed E-state index contributed by atoms with van der Waals surface area (Å²) in [6, 6.07) is 4.08. The predicted molar refractivity (Wildman–Crippen MR) is 62.1 cm³/mol. The van der Waals surface area contributed by atoms with Crippen LogP contribution in [0, 0.1) is 11.7 Å². The molecule has 5 heteroatoms. The molecule has 0 saturated heterocycles. The molecule has 0 spiro atoms. The van der Waals surface area contributed by atoms with Gasteiger partial charge < -0.3 is 9.84 Å². The van der Waals surface area contributed by atoms with Crippen molar-refractivity contribution in [2.75, 3.05) is 5.32 Å². The van der Waals surface area contributed by atoms with Crippen molar-refractivity contribution in [3.8, 4) is 0 Å². The van der Waals surface area contributed by atoms with Gasteiger partial charge in [-0.1, -0.05) is 19.0 Å². The molecule has 0 aliphatic heterocycles. The first-order valence-electron chi connectivity index (χ1n) is 5.47. The third kappa shape index (κ3) is 2.27. The summed E-state index contributed by atoms with van der Waals surface area (Å²) in [5.74, 6) is -0.270. The van der Waals surface area contributed by atoms with Crippen LogP contribution in [0.4, 0.5) is 10.2 Å². The highest BCUT2D eigenvalue weighted by atomic mass is 19.1. The van der Waals surface area contributed by atoms with Gasteiger partial charge in [0.1, 0.15) is 5.82 Å². The normalized spacial score (nSPS) is 12.6. The van der Waals surface area contributed by atoms with E-state index in [2.05, 4.69) is 10.5 Å². The number of anilines is 1. The molecule has 1 amide bonds. The number of fused-ring (bicyclic) bond motifs is 1. The topological polar surface area (TPSA) is 55.1 Å². The Morgan fingerprint density at radius 3 is 3.06 bits per heavy atom. The molecule has 0 fully saturated rings. The standard InChI is InChI=1S/C12H13FN2O2/c1-3-7(2)12(16)14-11-9-5-4-8(13)6-10(9)17-15-11/h4-7H,3H2,1-2H3,(H,14,15,16). The summed E-state index contributed by atoms with van der Waals surface area (Å²) in [5.41, 5.74) is 0.324. The Kier molecular flexibility index (Phi) is 3.08. The first-order valence-corrected chi connectivity index (χ1v) is 5.47. The summed E-state index contributed by atoms with van der Waals surface area (Å²) in [4.78, 5) is 11.7. The Morgan fingerprint density at radius 1 is 1.59 bits per heavy atom. The van der Waals surface area contributed by atoms with Crippen LogP contribution in [0.15, 0.2) is 22.7 Å². The predicted octanol–water partition coefficient (Wildman–Crippen LogP) is 2.95. The molecule has 1 unspecified atom stereocenters. The van der Waals surface area contributed by atoms with Gasteiger partial charge in [0, 0.05) is 12.0 Å². The zero-order valence-corrected chi connectivity index (χ0v) is 9.66. The summed E-state index contributed by atoms with van der Waals surface area (Å²) in [5, 5.41) is 6.99. The number of carbonyl (C=O) groups excluding carboxylic acids is 1. The fraction of sp³-hybridized carbons (Fsp3) is 0.333. The van der Waals surface area contributed by atoms with Gasteiger partial charge in [0.05, 0.1) is 5.39 Å². The van der Waals surface area contributed by atoms with Crippen molar-refractivity contribution in [3.63, 3.8) is 0 Å². The summed E-state index contributed by atoms with van der Waals surface area (Å²) in [6.45, 7) is 3.76. The summed E-state index contributed by atoms with van der Waals surface area (Å²) >= 11 is 0. The van der Waals surface area contributed by atoms with E-state index < -0.39 is 5.82 Å². The minimum atomic E-state index is -0.395. The van der Waals surface area contributed by atoms with Crippen molar-refractivity contribution >= 4 is 22.7 Å². The Labute approximate surface area is 97.8 Å². The second-order valence-electron chi connectivity index (χ2n) is 3.97. The molecule has 0 aliphatic carbocycles. The lowest BCUT2D eigenvalue weighted by Gasteiger charge is -2.07. The molecule has 0 bridgehead atoms. The van der Waals surface area contributed by atoms with Crippen LogP contribution in [-0.2, 0) is 4.79 Å². The Balaban J connectivity index is 2.28. The van der Waals surface area contributed by atoms with Gasteiger partial charge in [0.15, 0.2) is 11.4 Å². The Hall–Kier alpha value is -1.91. The number of aromatic nitrogens is 1. The second kappa shape index (κ2) is 4.53. The minimum Gasteiger partial charge on any atom is -0.354 e. The molecular formula is C12H13FN2O2. The number of hydrogen-bond donors (Lipinski definition) is 1. The highest BCUT2D eigenvalue weighted by Gasteiger charge is 2.15. The molecule has 2 aromatic rings. The van der Waals surface area contributed by atoms with Gasteiger partial charge in [-0.25, -0.2) is 4.39 Å². The number of nitrogens with one attached hydrogen (secondary N) is 1. The number of hydrogen-bond acceptors (Lipinski definition) is 3. The van der Waals surface area contributed by atoms with Crippen molar-refractivity contribution < 1.29 is 13.7 Å². The lowest BCUT2D eigenvalue weighted by molar-refractivity contribution is -0.119. The van der Waals surface area contributed by atoms with Crippen LogP contribution in [-0.4, -0.2) is 11.1 Å². The van der Waals surface area contributed by atoms with E-state index in [1.54, 1.807) is 0 Å². The van der Waals surface area contributed by atoms with Gasteiger partial charge in [0.2, 0.25) is 5.91 Å². The molecular weight excluding hydrogens is 223 g/mol. The fourth-order valence-electron chi connectivity index (χ4n) is 1.43. The molecule has 17 heavy (non-hydrogen) atoms. The number of benzene rings is 1. The number of amides is 1. The van der Waals surface area contributed by atoms with Crippen molar-refractivity contribution in [2.45, 2.75) is 20.3 Å². The lowest BCUT2D eigenvalue weighted by atomic mass is 10.1. The second-order valence-corrected chi connectivity index (χ2v) is 3.97. The lowest BCUT2D eigenvalue weighted by Crippen LogP contribution is -2.19. The Morgan fingerprint density at radius 2 is 2.35 bits per heavy atom. The van der Waals surface area contributed by atoms with E-state index in [9.17, 15) is 9.18 Å². The zero-order chi connectivity index (χ0) is 12.4. The zero-order valence-electron chi connectivity index (χ0n) is 9.66. The van der Waals surface area contributed by atoms with E-state index >= 15 is 0 Å². The van der Waals surface area contributed by atoms with Crippen molar-refractivity contribution in [1.82, 2.24) is 5.16 Å². The van der Waals surface area contributed by atoms with Crippen molar-refractivity contribution in [2.24, 2.45) is 5.92 Å². The molecule has 1 atom stereocenters. The highest BCUT2D eigenvalue weighted by molar-refractivity contribution is 5.99. The molecule has 1 aromatic carbocycles. The third-order valence-electron chi connectivity index (χ3n) is 2.74.